The first kappa shape index (κ1) is 14.3. The Hall–Kier alpha value is -1.11. The number of morpholine rings is 1. The van der Waals surface area contributed by atoms with Crippen molar-refractivity contribution in [2.24, 2.45) is 7.05 Å². The molecule has 2 unspecified atom stereocenters. The van der Waals surface area contributed by atoms with E-state index in [9.17, 15) is 9.90 Å². The number of hydrogen-bond acceptors (Lipinski definition) is 5. The first-order chi connectivity index (χ1) is 9.00. The van der Waals surface area contributed by atoms with Gasteiger partial charge in [-0.2, -0.15) is 5.10 Å². The molecule has 7 heteroatoms. The fourth-order valence-corrected chi connectivity index (χ4v) is 2.54. The molecule has 2 atom stereocenters. The zero-order chi connectivity index (χ0) is 14.0. The average molecular weight is 288 g/mol. The van der Waals surface area contributed by atoms with E-state index in [1.807, 2.05) is 4.90 Å². The summed E-state index contributed by atoms with van der Waals surface area (Å²) in [7, 11) is 1.56. The maximum atomic E-state index is 11.8. The molecule has 0 amide bonds. The summed E-state index contributed by atoms with van der Waals surface area (Å²) in [5.41, 5.74) is 0.292. The molecule has 2 heterocycles. The highest BCUT2D eigenvalue weighted by molar-refractivity contribution is 6.33. The van der Waals surface area contributed by atoms with E-state index in [4.69, 9.17) is 16.3 Å². The standard InChI is InChI=1S/C12H18ClN3O3/c1-8(17)5-9-7-19-4-3-16(9)10-6-14-15(2)12(18)11(10)13/h6,8-9,17H,3-5,7H2,1-2H3. The van der Waals surface area contributed by atoms with Crippen LogP contribution in [0.3, 0.4) is 0 Å². The molecule has 1 aliphatic rings. The van der Waals surface area contributed by atoms with Crippen LogP contribution in [0.1, 0.15) is 13.3 Å². The molecule has 1 N–H and O–H groups in total. The molecular weight excluding hydrogens is 270 g/mol. The second kappa shape index (κ2) is 5.90. The summed E-state index contributed by atoms with van der Waals surface area (Å²) in [5, 5.41) is 13.7. The fourth-order valence-electron chi connectivity index (χ4n) is 2.26. The summed E-state index contributed by atoms with van der Waals surface area (Å²) in [5.74, 6) is 0. The molecule has 0 aliphatic carbocycles. The molecule has 0 aromatic carbocycles. The topological polar surface area (TPSA) is 67.6 Å². The molecule has 1 aromatic rings. The van der Waals surface area contributed by atoms with Crippen molar-refractivity contribution in [3.63, 3.8) is 0 Å². The molecule has 2 rings (SSSR count). The SMILES string of the molecule is CC(O)CC1COCCN1c1cnn(C)c(=O)c1Cl. The van der Waals surface area contributed by atoms with Gasteiger partial charge in [-0.25, -0.2) is 4.68 Å². The fraction of sp³-hybridized carbons (Fsp3) is 0.667. The quantitative estimate of drug-likeness (QED) is 0.872. The van der Waals surface area contributed by atoms with Crippen molar-refractivity contribution in [3.8, 4) is 0 Å². The monoisotopic (exact) mass is 287 g/mol. The van der Waals surface area contributed by atoms with Crippen molar-refractivity contribution < 1.29 is 9.84 Å². The van der Waals surface area contributed by atoms with Crippen molar-refractivity contribution in [3.05, 3.63) is 21.6 Å². The molecule has 19 heavy (non-hydrogen) atoms. The van der Waals surface area contributed by atoms with Crippen LogP contribution >= 0.6 is 11.6 Å². The van der Waals surface area contributed by atoms with Gasteiger partial charge in [-0.1, -0.05) is 11.6 Å². The first-order valence-electron chi connectivity index (χ1n) is 6.25. The Balaban J connectivity index is 2.32. The normalized spacial score (nSPS) is 21.5. The third-order valence-electron chi connectivity index (χ3n) is 3.21. The number of nitrogens with zero attached hydrogens (tertiary/aromatic N) is 3. The molecule has 0 spiro atoms. The van der Waals surface area contributed by atoms with Gasteiger partial charge in [0.1, 0.15) is 5.02 Å². The number of aliphatic hydroxyl groups is 1. The predicted molar refractivity (Wildman–Crippen MR) is 72.7 cm³/mol. The average Bonchev–Trinajstić information content (AvgIpc) is 2.37. The van der Waals surface area contributed by atoms with Gasteiger partial charge in [0, 0.05) is 13.6 Å². The molecule has 1 aromatic heterocycles. The second-order valence-electron chi connectivity index (χ2n) is 4.78. The van der Waals surface area contributed by atoms with E-state index in [-0.39, 0.29) is 16.6 Å². The van der Waals surface area contributed by atoms with Gasteiger partial charge in [0.05, 0.1) is 37.2 Å². The summed E-state index contributed by atoms with van der Waals surface area (Å²) in [6.07, 6.45) is 1.71. The lowest BCUT2D eigenvalue weighted by atomic mass is 10.1. The number of rotatable bonds is 3. The van der Waals surface area contributed by atoms with Crippen LogP contribution in [0.5, 0.6) is 0 Å². The Kier molecular flexibility index (Phi) is 4.44. The third kappa shape index (κ3) is 3.08. The van der Waals surface area contributed by atoms with Gasteiger partial charge in [-0.3, -0.25) is 4.79 Å². The van der Waals surface area contributed by atoms with Crippen molar-refractivity contribution in [2.45, 2.75) is 25.5 Å². The smallest absolute Gasteiger partial charge is 0.287 e. The van der Waals surface area contributed by atoms with Crippen LogP contribution in [0.4, 0.5) is 5.69 Å². The largest absolute Gasteiger partial charge is 0.393 e. The van der Waals surface area contributed by atoms with Gasteiger partial charge in [0.2, 0.25) is 0 Å². The van der Waals surface area contributed by atoms with Crippen LogP contribution < -0.4 is 10.5 Å². The minimum absolute atomic E-state index is 0.000145. The minimum atomic E-state index is -0.438. The number of aryl methyl sites for hydroxylation is 1. The lowest BCUT2D eigenvalue weighted by Crippen LogP contribution is -2.47. The van der Waals surface area contributed by atoms with E-state index >= 15 is 0 Å². The highest BCUT2D eigenvalue weighted by Gasteiger charge is 2.27. The molecule has 1 saturated heterocycles. The van der Waals surface area contributed by atoms with Gasteiger partial charge >= 0.3 is 0 Å². The van der Waals surface area contributed by atoms with Crippen molar-refractivity contribution in [1.29, 1.82) is 0 Å². The number of aromatic nitrogens is 2. The minimum Gasteiger partial charge on any atom is -0.393 e. The summed E-state index contributed by atoms with van der Waals surface area (Å²) in [4.78, 5) is 13.8. The van der Waals surface area contributed by atoms with Gasteiger partial charge < -0.3 is 14.7 Å². The zero-order valence-electron chi connectivity index (χ0n) is 11.0. The van der Waals surface area contributed by atoms with Crippen LogP contribution in [-0.2, 0) is 11.8 Å². The maximum absolute atomic E-state index is 11.8. The highest BCUT2D eigenvalue weighted by Crippen LogP contribution is 2.26. The molecule has 0 saturated carbocycles. The van der Waals surface area contributed by atoms with Crippen molar-refractivity contribution in [2.75, 3.05) is 24.7 Å². The van der Waals surface area contributed by atoms with E-state index in [1.165, 1.54) is 4.68 Å². The van der Waals surface area contributed by atoms with Crippen LogP contribution in [0.2, 0.25) is 5.02 Å². The highest BCUT2D eigenvalue weighted by atomic mass is 35.5. The Morgan fingerprint density at radius 1 is 1.68 bits per heavy atom. The van der Waals surface area contributed by atoms with Gasteiger partial charge in [-0.15, -0.1) is 0 Å². The first-order valence-corrected chi connectivity index (χ1v) is 6.62. The van der Waals surface area contributed by atoms with E-state index in [1.54, 1.807) is 20.2 Å². The van der Waals surface area contributed by atoms with Crippen LogP contribution in [0.25, 0.3) is 0 Å². The Morgan fingerprint density at radius 3 is 3.11 bits per heavy atom. The third-order valence-corrected chi connectivity index (χ3v) is 3.57. The Labute approximate surface area is 116 Å². The number of aliphatic hydroxyl groups excluding tert-OH is 1. The van der Waals surface area contributed by atoms with Crippen molar-refractivity contribution >= 4 is 17.3 Å². The molecule has 1 fully saturated rings. The van der Waals surface area contributed by atoms with Gasteiger partial charge in [0.25, 0.3) is 5.56 Å². The predicted octanol–water partition coefficient (Wildman–Crippen LogP) is 0.410. The number of ether oxygens (including phenoxy) is 1. The lowest BCUT2D eigenvalue weighted by Gasteiger charge is -2.38. The molecule has 0 bridgehead atoms. The second-order valence-corrected chi connectivity index (χ2v) is 5.16. The Bertz CT molecular complexity index is 503. The molecule has 6 nitrogen and oxygen atoms in total. The number of anilines is 1. The summed E-state index contributed by atoms with van der Waals surface area (Å²) in [6, 6.07) is 0.000145. The summed E-state index contributed by atoms with van der Waals surface area (Å²) < 4.78 is 6.63. The van der Waals surface area contributed by atoms with Gasteiger partial charge in [0.15, 0.2) is 0 Å². The van der Waals surface area contributed by atoms with E-state index in [2.05, 4.69) is 5.10 Å². The Morgan fingerprint density at radius 2 is 2.42 bits per heavy atom. The maximum Gasteiger partial charge on any atom is 0.287 e. The number of hydrogen-bond donors (Lipinski definition) is 1. The van der Waals surface area contributed by atoms with E-state index in [0.29, 0.717) is 31.9 Å². The van der Waals surface area contributed by atoms with Crippen LogP contribution in [-0.4, -0.2) is 46.8 Å². The lowest BCUT2D eigenvalue weighted by molar-refractivity contribution is 0.0721. The summed E-state index contributed by atoms with van der Waals surface area (Å²) >= 11 is 6.12. The van der Waals surface area contributed by atoms with E-state index < -0.39 is 6.10 Å². The molecule has 1 aliphatic heterocycles. The number of halogens is 1. The molecular formula is C12H18ClN3O3. The summed E-state index contributed by atoms with van der Waals surface area (Å²) in [6.45, 7) is 3.45. The zero-order valence-corrected chi connectivity index (χ0v) is 11.8. The molecule has 0 radical (unpaired) electrons. The van der Waals surface area contributed by atoms with Gasteiger partial charge in [-0.05, 0) is 13.3 Å². The van der Waals surface area contributed by atoms with E-state index in [0.717, 1.165) is 0 Å². The molecule has 106 valence electrons. The van der Waals surface area contributed by atoms with Crippen LogP contribution in [0, 0.1) is 0 Å². The van der Waals surface area contributed by atoms with Crippen LogP contribution in [0.15, 0.2) is 11.0 Å². The van der Waals surface area contributed by atoms with Crippen molar-refractivity contribution in [1.82, 2.24) is 9.78 Å².